The molecule has 2 heterocycles. The maximum atomic E-state index is 13.6. The van der Waals surface area contributed by atoms with Crippen molar-refractivity contribution < 1.29 is 22.8 Å². The average molecular weight is 425 g/mol. The van der Waals surface area contributed by atoms with Crippen LogP contribution in [0.4, 0.5) is 13.2 Å². The Labute approximate surface area is 173 Å². The minimum absolute atomic E-state index is 0.114. The van der Waals surface area contributed by atoms with Gasteiger partial charge in [-0.2, -0.15) is 5.10 Å². The molecule has 2 N–H and O–H groups in total. The van der Waals surface area contributed by atoms with Crippen LogP contribution in [0.2, 0.25) is 0 Å². The summed E-state index contributed by atoms with van der Waals surface area (Å²) in [7, 11) is 0. The Hall–Kier alpha value is -4.21. The van der Waals surface area contributed by atoms with Crippen LogP contribution in [0, 0.1) is 5.82 Å². The highest BCUT2D eigenvalue weighted by atomic mass is 19.3. The highest BCUT2D eigenvalue weighted by Crippen LogP contribution is 2.26. The predicted molar refractivity (Wildman–Crippen MR) is 106 cm³/mol. The molecule has 0 unspecified atom stereocenters. The zero-order valence-electron chi connectivity index (χ0n) is 15.7. The number of rotatable bonds is 5. The third-order valence-corrected chi connectivity index (χ3v) is 4.38. The van der Waals surface area contributed by atoms with Gasteiger partial charge in [-0.25, -0.2) is 27.5 Å². The number of fused-ring (bicyclic) bond motifs is 1. The van der Waals surface area contributed by atoms with Crippen molar-refractivity contribution in [2.24, 2.45) is 10.9 Å². The van der Waals surface area contributed by atoms with Gasteiger partial charge in [0.15, 0.2) is 11.5 Å². The number of amidine groups is 1. The van der Waals surface area contributed by atoms with E-state index in [0.29, 0.717) is 11.1 Å². The van der Waals surface area contributed by atoms with E-state index in [1.54, 1.807) is 30.3 Å². The largest absolute Gasteiger partial charge is 0.380 e. The highest BCUT2D eigenvalue weighted by molar-refractivity contribution is 5.99. The van der Waals surface area contributed by atoms with Crippen molar-refractivity contribution in [3.63, 3.8) is 0 Å². The molecule has 0 amide bonds. The summed E-state index contributed by atoms with van der Waals surface area (Å²) in [5, 5.41) is 7.38. The molecule has 2 aromatic heterocycles. The Bertz CT molecular complexity index is 1270. The first-order valence-corrected chi connectivity index (χ1v) is 8.97. The fraction of sp³-hybridized carbons (Fsp3) is 0.0476. The lowest BCUT2D eigenvalue weighted by molar-refractivity contribution is 0.0518. The number of oxime groups is 1. The minimum Gasteiger partial charge on any atom is -0.380 e. The molecule has 4 aromatic rings. The van der Waals surface area contributed by atoms with Gasteiger partial charge in [-0.15, -0.1) is 0 Å². The van der Waals surface area contributed by atoms with Gasteiger partial charge in [-0.3, -0.25) is 0 Å². The summed E-state index contributed by atoms with van der Waals surface area (Å²) in [5.74, 6) is -1.62. The number of aromatic nitrogens is 3. The third-order valence-electron chi connectivity index (χ3n) is 4.38. The molecule has 0 aliphatic rings. The summed E-state index contributed by atoms with van der Waals surface area (Å²) in [6, 6.07) is 14.9. The van der Waals surface area contributed by atoms with Crippen molar-refractivity contribution in [2.45, 2.75) is 6.43 Å². The molecule has 0 aliphatic carbocycles. The quantitative estimate of drug-likeness (QED) is 0.226. The molecule has 7 nitrogen and oxygen atoms in total. The zero-order chi connectivity index (χ0) is 22.0. The molecule has 0 spiro atoms. The van der Waals surface area contributed by atoms with Crippen LogP contribution < -0.4 is 5.73 Å². The van der Waals surface area contributed by atoms with Gasteiger partial charge in [0.25, 0.3) is 6.43 Å². The predicted octanol–water partition coefficient (Wildman–Crippen LogP) is 3.95. The summed E-state index contributed by atoms with van der Waals surface area (Å²) >= 11 is 0. The van der Waals surface area contributed by atoms with Crippen molar-refractivity contribution in [1.29, 1.82) is 0 Å². The van der Waals surface area contributed by atoms with Gasteiger partial charge in [0, 0.05) is 11.1 Å². The molecule has 4 rings (SSSR count). The molecular weight excluding hydrogens is 411 g/mol. The molecule has 0 saturated carbocycles. The van der Waals surface area contributed by atoms with E-state index in [1.807, 2.05) is 0 Å². The van der Waals surface area contributed by atoms with Crippen molar-refractivity contribution in [1.82, 2.24) is 14.6 Å². The van der Waals surface area contributed by atoms with Gasteiger partial charge in [0.1, 0.15) is 17.1 Å². The lowest BCUT2D eigenvalue weighted by Gasteiger charge is -2.08. The van der Waals surface area contributed by atoms with E-state index in [-0.39, 0.29) is 22.7 Å². The summed E-state index contributed by atoms with van der Waals surface area (Å²) in [5.41, 5.74) is 6.18. The fourth-order valence-corrected chi connectivity index (χ4v) is 2.86. The van der Waals surface area contributed by atoms with Crippen LogP contribution >= 0.6 is 0 Å². The van der Waals surface area contributed by atoms with E-state index in [0.717, 1.165) is 10.7 Å². The van der Waals surface area contributed by atoms with E-state index in [1.165, 1.54) is 30.3 Å². The second-order valence-corrected chi connectivity index (χ2v) is 6.39. The van der Waals surface area contributed by atoms with Crippen molar-refractivity contribution in [2.75, 3.05) is 0 Å². The lowest BCUT2D eigenvalue weighted by atomic mass is 10.1. The fourth-order valence-electron chi connectivity index (χ4n) is 2.86. The molecule has 0 fully saturated rings. The SMILES string of the molecule is N/C(=N\OC(=O)c1cnn2c(C(F)F)cc(-c3ccccc3)nc12)c1ccc(F)cc1. The van der Waals surface area contributed by atoms with Gasteiger partial charge < -0.3 is 10.6 Å². The molecule has 156 valence electrons. The summed E-state index contributed by atoms with van der Waals surface area (Å²) in [6.45, 7) is 0. The molecule has 0 aliphatic heterocycles. The average Bonchev–Trinajstić information content (AvgIpc) is 3.21. The maximum Gasteiger partial charge on any atom is 0.371 e. The van der Waals surface area contributed by atoms with Crippen LogP contribution in [-0.2, 0) is 4.84 Å². The molecule has 31 heavy (non-hydrogen) atoms. The molecule has 0 saturated heterocycles. The Morgan fingerprint density at radius 2 is 1.81 bits per heavy atom. The van der Waals surface area contributed by atoms with Gasteiger partial charge in [0.05, 0.1) is 11.9 Å². The number of benzene rings is 2. The number of hydrogen-bond donors (Lipinski definition) is 1. The van der Waals surface area contributed by atoms with Gasteiger partial charge in [0.2, 0.25) is 0 Å². The van der Waals surface area contributed by atoms with Crippen LogP contribution in [0.25, 0.3) is 16.9 Å². The van der Waals surface area contributed by atoms with Crippen molar-refractivity contribution in [3.05, 3.63) is 89.5 Å². The third kappa shape index (κ3) is 4.08. The monoisotopic (exact) mass is 425 g/mol. The second-order valence-electron chi connectivity index (χ2n) is 6.39. The molecule has 0 bridgehead atoms. The molecule has 2 aromatic carbocycles. The lowest BCUT2D eigenvalue weighted by Crippen LogP contribution is -2.15. The Kier molecular flexibility index (Phi) is 5.35. The number of carbonyl (C=O) groups excluding carboxylic acids is 1. The van der Waals surface area contributed by atoms with Gasteiger partial charge in [-0.1, -0.05) is 35.5 Å². The Morgan fingerprint density at radius 3 is 2.48 bits per heavy atom. The number of hydrogen-bond acceptors (Lipinski definition) is 5. The molecule has 0 atom stereocenters. The van der Waals surface area contributed by atoms with Gasteiger partial charge >= 0.3 is 5.97 Å². The summed E-state index contributed by atoms with van der Waals surface area (Å²) in [4.78, 5) is 21.7. The van der Waals surface area contributed by atoms with E-state index in [2.05, 4.69) is 15.2 Å². The smallest absolute Gasteiger partial charge is 0.371 e. The number of halogens is 3. The topological polar surface area (TPSA) is 94.9 Å². The Morgan fingerprint density at radius 1 is 1.10 bits per heavy atom. The molecule has 10 heteroatoms. The number of nitrogens with two attached hydrogens (primary N) is 1. The first-order valence-electron chi connectivity index (χ1n) is 8.97. The van der Waals surface area contributed by atoms with Crippen LogP contribution in [0.15, 0.2) is 72.0 Å². The first-order chi connectivity index (χ1) is 14.9. The number of alkyl halides is 2. The van der Waals surface area contributed by atoms with Crippen LogP contribution in [0.1, 0.15) is 28.0 Å². The van der Waals surface area contributed by atoms with Gasteiger partial charge in [-0.05, 0) is 30.3 Å². The van der Waals surface area contributed by atoms with Crippen LogP contribution in [0.3, 0.4) is 0 Å². The van der Waals surface area contributed by atoms with E-state index < -0.39 is 23.9 Å². The maximum absolute atomic E-state index is 13.6. The number of carbonyl (C=O) groups is 1. The normalized spacial score (nSPS) is 11.8. The highest BCUT2D eigenvalue weighted by Gasteiger charge is 2.22. The van der Waals surface area contributed by atoms with E-state index in [4.69, 9.17) is 10.6 Å². The molecular formula is C21H14F3N5O2. The first kappa shape index (κ1) is 20.1. The van der Waals surface area contributed by atoms with Crippen LogP contribution in [0.5, 0.6) is 0 Å². The van der Waals surface area contributed by atoms with E-state index in [9.17, 15) is 18.0 Å². The molecule has 0 radical (unpaired) electrons. The van der Waals surface area contributed by atoms with Crippen LogP contribution in [-0.4, -0.2) is 26.4 Å². The second kappa shape index (κ2) is 8.27. The zero-order valence-corrected chi connectivity index (χ0v) is 15.7. The van der Waals surface area contributed by atoms with Crippen molar-refractivity contribution >= 4 is 17.5 Å². The summed E-state index contributed by atoms with van der Waals surface area (Å²) < 4.78 is 41.1. The number of nitrogens with zero attached hydrogens (tertiary/aromatic N) is 4. The van der Waals surface area contributed by atoms with Crippen molar-refractivity contribution in [3.8, 4) is 11.3 Å². The Balaban J connectivity index is 1.70. The minimum atomic E-state index is -2.86. The standard InChI is InChI=1S/C21H14F3N5O2/c22-14-8-6-13(7-9-14)19(25)28-31-21(30)15-11-26-29-17(18(23)24)10-16(27-20(15)29)12-4-2-1-3-5-12/h1-11,18H,(H2,25,28). The summed E-state index contributed by atoms with van der Waals surface area (Å²) in [6.07, 6.45) is -1.79. The van der Waals surface area contributed by atoms with E-state index >= 15 is 0 Å².